The number of benzene rings is 2. The Balaban J connectivity index is 2.31. The van der Waals surface area contributed by atoms with Crippen LogP contribution >= 0.6 is 0 Å². The summed E-state index contributed by atoms with van der Waals surface area (Å²) < 4.78 is 26.0. The number of rotatable bonds is 3. The van der Waals surface area contributed by atoms with Crippen LogP contribution < -0.4 is 4.90 Å². The molecule has 0 unspecified atom stereocenters. The topological polar surface area (TPSA) is 20.3 Å². The second-order valence-corrected chi connectivity index (χ2v) is 3.87. The fraction of sp³-hybridized carbons (Fsp3) is 0.0714. The van der Waals surface area contributed by atoms with E-state index in [4.69, 9.17) is 0 Å². The summed E-state index contributed by atoms with van der Waals surface area (Å²) in [6.07, 6.45) is 0.751. The summed E-state index contributed by atoms with van der Waals surface area (Å²) in [4.78, 5) is 12.2. The zero-order chi connectivity index (χ0) is 13.1. The van der Waals surface area contributed by atoms with Crippen molar-refractivity contribution < 1.29 is 13.6 Å². The molecule has 0 heterocycles. The highest BCUT2D eigenvalue weighted by atomic mass is 19.2. The molecule has 0 saturated heterocycles. The summed E-state index contributed by atoms with van der Waals surface area (Å²) in [7, 11) is 1.74. The van der Waals surface area contributed by atoms with Crippen molar-refractivity contribution in [1.82, 2.24) is 0 Å². The van der Waals surface area contributed by atoms with Crippen LogP contribution in [0.15, 0.2) is 42.5 Å². The van der Waals surface area contributed by atoms with Gasteiger partial charge in [0.25, 0.3) is 0 Å². The average Bonchev–Trinajstić information content (AvgIpc) is 2.41. The van der Waals surface area contributed by atoms with Crippen molar-refractivity contribution in [1.29, 1.82) is 0 Å². The minimum absolute atomic E-state index is 0.535. The van der Waals surface area contributed by atoms with Crippen LogP contribution in [0.5, 0.6) is 0 Å². The molecule has 0 aliphatic rings. The Labute approximate surface area is 103 Å². The van der Waals surface area contributed by atoms with Crippen molar-refractivity contribution in [3.05, 3.63) is 59.7 Å². The molecule has 0 amide bonds. The number of halogens is 2. The normalized spacial score (nSPS) is 10.2. The van der Waals surface area contributed by atoms with Gasteiger partial charge >= 0.3 is 0 Å². The van der Waals surface area contributed by atoms with Gasteiger partial charge in [-0.2, -0.15) is 0 Å². The van der Waals surface area contributed by atoms with Gasteiger partial charge in [-0.15, -0.1) is 0 Å². The largest absolute Gasteiger partial charge is 0.345 e. The molecule has 0 saturated carbocycles. The Bertz CT molecular complexity index is 567. The van der Waals surface area contributed by atoms with Gasteiger partial charge in [0, 0.05) is 30.1 Å². The van der Waals surface area contributed by atoms with Gasteiger partial charge in [-0.25, -0.2) is 8.78 Å². The minimum atomic E-state index is -0.885. The lowest BCUT2D eigenvalue weighted by molar-refractivity contribution is 0.112. The van der Waals surface area contributed by atoms with E-state index in [1.54, 1.807) is 36.2 Å². The van der Waals surface area contributed by atoms with Crippen LogP contribution in [-0.4, -0.2) is 13.3 Å². The number of carbonyl (C=O) groups is 1. The number of nitrogens with zero attached hydrogens (tertiary/aromatic N) is 1. The molecule has 0 spiro atoms. The maximum absolute atomic E-state index is 13.1. The van der Waals surface area contributed by atoms with Crippen LogP contribution in [0.1, 0.15) is 10.4 Å². The molecular weight excluding hydrogens is 236 g/mol. The average molecular weight is 247 g/mol. The van der Waals surface area contributed by atoms with E-state index in [2.05, 4.69) is 0 Å². The Morgan fingerprint density at radius 2 is 1.56 bits per heavy atom. The van der Waals surface area contributed by atoms with Gasteiger partial charge in [-0.05, 0) is 36.4 Å². The van der Waals surface area contributed by atoms with E-state index >= 15 is 0 Å². The molecule has 18 heavy (non-hydrogen) atoms. The smallest absolute Gasteiger partial charge is 0.160 e. The predicted octanol–water partition coefficient (Wildman–Crippen LogP) is 3.55. The Kier molecular flexibility index (Phi) is 3.37. The predicted molar refractivity (Wildman–Crippen MR) is 66.3 cm³/mol. The van der Waals surface area contributed by atoms with Gasteiger partial charge < -0.3 is 4.90 Å². The Morgan fingerprint density at radius 1 is 0.944 bits per heavy atom. The molecule has 2 aromatic carbocycles. The highest BCUT2D eigenvalue weighted by molar-refractivity contribution is 5.76. The monoisotopic (exact) mass is 247 g/mol. The van der Waals surface area contributed by atoms with E-state index in [0.29, 0.717) is 11.3 Å². The number of hydrogen-bond donors (Lipinski definition) is 0. The number of anilines is 2. The van der Waals surface area contributed by atoms with Gasteiger partial charge in [0.1, 0.15) is 6.29 Å². The molecule has 0 aliphatic carbocycles. The van der Waals surface area contributed by atoms with E-state index in [9.17, 15) is 13.6 Å². The maximum Gasteiger partial charge on any atom is 0.160 e. The number of hydrogen-bond acceptors (Lipinski definition) is 2. The molecule has 2 rings (SSSR count). The number of carbonyl (C=O) groups excluding carboxylic acids is 1. The molecule has 4 heteroatoms. The standard InChI is InChI=1S/C14H11F2NO/c1-17(11-4-2-10(9-18)3-5-11)12-6-7-13(15)14(16)8-12/h2-9H,1H3. The van der Waals surface area contributed by atoms with Crippen molar-refractivity contribution in [2.75, 3.05) is 11.9 Å². The zero-order valence-electron chi connectivity index (χ0n) is 9.73. The third kappa shape index (κ3) is 2.37. The molecule has 0 fully saturated rings. The second-order valence-electron chi connectivity index (χ2n) is 3.87. The molecule has 0 aromatic heterocycles. The maximum atomic E-state index is 13.1. The molecule has 92 valence electrons. The van der Waals surface area contributed by atoms with Crippen molar-refractivity contribution in [2.24, 2.45) is 0 Å². The highest BCUT2D eigenvalue weighted by Gasteiger charge is 2.07. The first-order chi connectivity index (χ1) is 8.61. The second kappa shape index (κ2) is 4.96. The van der Waals surface area contributed by atoms with Gasteiger partial charge in [0.05, 0.1) is 0 Å². The third-order valence-corrected chi connectivity index (χ3v) is 2.71. The van der Waals surface area contributed by atoms with Crippen LogP contribution in [0.25, 0.3) is 0 Å². The molecule has 0 bridgehead atoms. The Hall–Kier alpha value is -2.23. The summed E-state index contributed by atoms with van der Waals surface area (Å²) in [6, 6.07) is 10.5. The van der Waals surface area contributed by atoms with Crippen LogP contribution in [0.3, 0.4) is 0 Å². The van der Waals surface area contributed by atoms with Crippen LogP contribution in [0, 0.1) is 11.6 Å². The van der Waals surface area contributed by atoms with E-state index in [1.165, 1.54) is 6.07 Å². The molecule has 0 atom stereocenters. The summed E-state index contributed by atoms with van der Waals surface area (Å²) in [5, 5.41) is 0. The summed E-state index contributed by atoms with van der Waals surface area (Å²) in [6.45, 7) is 0. The molecule has 0 radical (unpaired) electrons. The first-order valence-corrected chi connectivity index (χ1v) is 5.36. The van der Waals surface area contributed by atoms with E-state index in [-0.39, 0.29) is 0 Å². The van der Waals surface area contributed by atoms with Crippen LogP contribution in [0.2, 0.25) is 0 Å². The van der Waals surface area contributed by atoms with Gasteiger partial charge in [0.2, 0.25) is 0 Å². The molecule has 2 aromatic rings. The Morgan fingerprint density at radius 3 is 2.11 bits per heavy atom. The van der Waals surface area contributed by atoms with E-state index in [0.717, 1.165) is 24.1 Å². The first kappa shape index (κ1) is 12.2. The van der Waals surface area contributed by atoms with Gasteiger partial charge in [-0.3, -0.25) is 4.79 Å². The zero-order valence-corrected chi connectivity index (χ0v) is 9.73. The molecule has 0 N–H and O–H groups in total. The summed E-state index contributed by atoms with van der Waals surface area (Å²) >= 11 is 0. The highest BCUT2D eigenvalue weighted by Crippen LogP contribution is 2.24. The SMILES string of the molecule is CN(c1ccc(C=O)cc1)c1ccc(F)c(F)c1. The fourth-order valence-electron chi connectivity index (χ4n) is 1.62. The lowest BCUT2D eigenvalue weighted by Gasteiger charge is -2.19. The van der Waals surface area contributed by atoms with E-state index < -0.39 is 11.6 Å². The van der Waals surface area contributed by atoms with Crippen LogP contribution in [0.4, 0.5) is 20.2 Å². The minimum Gasteiger partial charge on any atom is -0.345 e. The lowest BCUT2D eigenvalue weighted by atomic mass is 10.2. The quantitative estimate of drug-likeness (QED) is 0.773. The number of aldehydes is 1. The summed E-state index contributed by atoms with van der Waals surface area (Å²) in [5.41, 5.74) is 1.89. The van der Waals surface area contributed by atoms with Gasteiger partial charge in [-0.1, -0.05) is 0 Å². The first-order valence-electron chi connectivity index (χ1n) is 5.36. The van der Waals surface area contributed by atoms with Crippen LogP contribution in [-0.2, 0) is 0 Å². The van der Waals surface area contributed by atoms with Crippen molar-refractivity contribution in [3.63, 3.8) is 0 Å². The van der Waals surface area contributed by atoms with Crippen molar-refractivity contribution in [3.8, 4) is 0 Å². The van der Waals surface area contributed by atoms with Crippen molar-refractivity contribution >= 4 is 17.7 Å². The summed E-state index contributed by atoms with van der Waals surface area (Å²) in [5.74, 6) is -1.76. The third-order valence-electron chi connectivity index (χ3n) is 2.71. The van der Waals surface area contributed by atoms with Crippen molar-refractivity contribution in [2.45, 2.75) is 0 Å². The fourth-order valence-corrected chi connectivity index (χ4v) is 1.62. The van der Waals surface area contributed by atoms with Gasteiger partial charge in [0.15, 0.2) is 11.6 Å². The molecular formula is C14H11F2NO. The molecule has 0 aliphatic heterocycles. The van der Waals surface area contributed by atoms with E-state index in [1.807, 2.05) is 0 Å². The molecule has 2 nitrogen and oxygen atoms in total. The lowest BCUT2D eigenvalue weighted by Crippen LogP contribution is -2.09.